The Hall–Kier alpha value is -2.41. The number of nitrogens with zero attached hydrogens (tertiary/aromatic N) is 2. The molecule has 1 aliphatic heterocycles. The molecule has 0 spiro atoms. The molecule has 1 aromatic carbocycles. The lowest BCUT2D eigenvalue weighted by Gasteiger charge is -2.34. The number of rotatable bonds is 5. The molecule has 148 valence electrons. The number of carbonyl (C=O) groups excluding carboxylic acids is 2. The molecule has 4 rings (SSSR count). The molecular weight excluding hydrogens is 374 g/mol. The molecule has 1 N–H and O–H groups in total. The van der Waals surface area contributed by atoms with Crippen molar-refractivity contribution in [1.29, 1.82) is 0 Å². The molecule has 2 heterocycles. The van der Waals surface area contributed by atoms with E-state index in [2.05, 4.69) is 10.3 Å². The number of carbonyl (C=O) groups is 2. The van der Waals surface area contributed by atoms with E-state index in [4.69, 9.17) is 4.74 Å². The molecule has 1 unspecified atom stereocenters. The molecule has 28 heavy (non-hydrogen) atoms. The normalized spacial score (nSPS) is 19.4. The maximum atomic E-state index is 13.0. The summed E-state index contributed by atoms with van der Waals surface area (Å²) in [6.07, 6.45) is 4.34. The Bertz CT molecular complexity index is 889. The van der Waals surface area contributed by atoms with E-state index >= 15 is 0 Å². The number of thiazole rings is 1. The van der Waals surface area contributed by atoms with Crippen molar-refractivity contribution in [3.05, 3.63) is 28.6 Å². The summed E-state index contributed by atoms with van der Waals surface area (Å²) in [6.45, 7) is 3.89. The van der Waals surface area contributed by atoms with Gasteiger partial charge in [-0.3, -0.25) is 14.5 Å². The molecule has 2 aliphatic rings. The van der Waals surface area contributed by atoms with E-state index in [-0.39, 0.29) is 24.4 Å². The first-order chi connectivity index (χ1) is 13.5. The van der Waals surface area contributed by atoms with Gasteiger partial charge in [-0.15, -0.1) is 11.3 Å². The predicted octanol–water partition coefficient (Wildman–Crippen LogP) is 3.68. The van der Waals surface area contributed by atoms with Crippen LogP contribution in [0.1, 0.15) is 44.0 Å². The van der Waals surface area contributed by atoms with Crippen LogP contribution in [0.2, 0.25) is 0 Å². The summed E-state index contributed by atoms with van der Waals surface area (Å²) in [5.41, 5.74) is 2.42. The van der Waals surface area contributed by atoms with Crippen LogP contribution < -0.4 is 15.0 Å². The highest BCUT2D eigenvalue weighted by molar-refractivity contribution is 7.09. The van der Waals surface area contributed by atoms with Crippen molar-refractivity contribution in [3.8, 4) is 17.0 Å². The summed E-state index contributed by atoms with van der Waals surface area (Å²) in [7, 11) is 0. The van der Waals surface area contributed by atoms with Gasteiger partial charge in [-0.25, -0.2) is 4.98 Å². The maximum absolute atomic E-state index is 13.0. The van der Waals surface area contributed by atoms with Crippen molar-refractivity contribution < 1.29 is 14.3 Å². The van der Waals surface area contributed by atoms with Crippen LogP contribution in [-0.4, -0.2) is 35.5 Å². The van der Waals surface area contributed by atoms with Gasteiger partial charge in [-0.1, -0.05) is 19.8 Å². The number of anilines is 1. The van der Waals surface area contributed by atoms with Gasteiger partial charge in [-0.2, -0.15) is 0 Å². The van der Waals surface area contributed by atoms with Crippen LogP contribution in [-0.2, 0) is 9.59 Å². The first-order valence-electron chi connectivity index (χ1n) is 9.89. The molecule has 0 bridgehead atoms. The smallest absolute Gasteiger partial charge is 0.268 e. The summed E-state index contributed by atoms with van der Waals surface area (Å²) < 4.78 is 5.89. The van der Waals surface area contributed by atoms with Crippen molar-refractivity contribution in [2.45, 2.75) is 58.1 Å². The molecule has 1 aromatic heterocycles. The Morgan fingerprint density at radius 2 is 2.14 bits per heavy atom. The number of amides is 2. The van der Waals surface area contributed by atoms with Gasteiger partial charge in [0.05, 0.1) is 16.4 Å². The number of hydrogen-bond donors (Lipinski definition) is 1. The molecule has 2 amide bonds. The second kappa shape index (κ2) is 7.91. The highest BCUT2D eigenvalue weighted by Crippen LogP contribution is 2.38. The average molecular weight is 400 g/mol. The van der Waals surface area contributed by atoms with Crippen molar-refractivity contribution in [2.24, 2.45) is 0 Å². The molecule has 1 saturated carbocycles. The van der Waals surface area contributed by atoms with Gasteiger partial charge in [0.15, 0.2) is 6.10 Å². The fourth-order valence-corrected chi connectivity index (χ4v) is 4.51. The molecule has 0 radical (unpaired) electrons. The first-order valence-corrected chi connectivity index (χ1v) is 10.8. The van der Waals surface area contributed by atoms with Crippen LogP contribution in [0.15, 0.2) is 23.6 Å². The lowest BCUT2D eigenvalue weighted by atomic mass is 10.1. The van der Waals surface area contributed by atoms with Crippen molar-refractivity contribution in [1.82, 2.24) is 10.3 Å². The van der Waals surface area contributed by atoms with E-state index in [1.165, 1.54) is 0 Å². The van der Waals surface area contributed by atoms with E-state index in [1.807, 2.05) is 37.4 Å². The predicted molar refractivity (Wildman–Crippen MR) is 110 cm³/mol. The van der Waals surface area contributed by atoms with Crippen LogP contribution in [0, 0.1) is 6.92 Å². The number of benzene rings is 1. The zero-order valence-corrected chi connectivity index (χ0v) is 17.1. The minimum Gasteiger partial charge on any atom is -0.478 e. The van der Waals surface area contributed by atoms with Crippen molar-refractivity contribution in [2.75, 3.05) is 11.4 Å². The Morgan fingerprint density at radius 1 is 1.36 bits per heavy atom. The number of aromatic nitrogens is 1. The number of ether oxygens (including phenoxy) is 1. The van der Waals surface area contributed by atoms with Crippen LogP contribution in [0.25, 0.3) is 11.3 Å². The molecule has 6 nitrogen and oxygen atoms in total. The van der Waals surface area contributed by atoms with Crippen molar-refractivity contribution >= 4 is 28.8 Å². The van der Waals surface area contributed by atoms with Crippen LogP contribution >= 0.6 is 11.3 Å². The fourth-order valence-electron chi connectivity index (χ4n) is 3.89. The maximum Gasteiger partial charge on any atom is 0.268 e. The lowest BCUT2D eigenvalue weighted by molar-refractivity contribution is -0.129. The summed E-state index contributed by atoms with van der Waals surface area (Å²) in [4.78, 5) is 31.7. The Labute approximate surface area is 168 Å². The topological polar surface area (TPSA) is 71.5 Å². The van der Waals surface area contributed by atoms with Crippen LogP contribution in [0.5, 0.6) is 5.75 Å². The SMILES string of the molecule is CCC1Oc2ccc(-c3csc(C)n3)cc2N(CC(=O)NC2CCCC2)C1=O. The molecule has 2 aromatic rings. The van der Waals surface area contributed by atoms with E-state index in [1.54, 1.807) is 16.2 Å². The number of nitrogens with one attached hydrogen (secondary N) is 1. The zero-order chi connectivity index (χ0) is 19.7. The third-order valence-electron chi connectivity index (χ3n) is 5.37. The fraction of sp³-hybridized carbons (Fsp3) is 0.476. The summed E-state index contributed by atoms with van der Waals surface area (Å²) in [6, 6.07) is 5.95. The minimum absolute atomic E-state index is 0.0156. The third-order valence-corrected chi connectivity index (χ3v) is 6.14. The van der Waals surface area contributed by atoms with Gasteiger partial charge in [-0.05, 0) is 44.4 Å². The van der Waals surface area contributed by atoms with Gasteiger partial charge in [0.1, 0.15) is 12.3 Å². The summed E-state index contributed by atoms with van der Waals surface area (Å²) in [5, 5.41) is 6.06. The molecular formula is C21H25N3O3S. The minimum atomic E-state index is -0.556. The Morgan fingerprint density at radius 3 is 2.82 bits per heavy atom. The molecule has 0 saturated heterocycles. The average Bonchev–Trinajstić information content (AvgIpc) is 3.35. The summed E-state index contributed by atoms with van der Waals surface area (Å²) >= 11 is 1.58. The number of fused-ring (bicyclic) bond motifs is 1. The van der Waals surface area contributed by atoms with E-state index < -0.39 is 6.10 Å². The van der Waals surface area contributed by atoms with E-state index in [9.17, 15) is 9.59 Å². The van der Waals surface area contributed by atoms with Gasteiger partial charge >= 0.3 is 0 Å². The molecule has 1 aliphatic carbocycles. The van der Waals surface area contributed by atoms with Crippen LogP contribution in [0.3, 0.4) is 0 Å². The van der Waals surface area contributed by atoms with Gasteiger partial charge in [0, 0.05) is 17.0 Å². The quantitative estimate of drug-likeness (QED) is 0.833. The molecule has 7 heteroatoms. The highest BCUT2D eigenvalue weighted by Gasteiger charge is 2.35. The van der Waals surface area contributed by atoms with Gasteiger partial charge < -0.3 is 10.1 Å². The largest absolute Gasteiger partial charge is 0.478 e. The number of hydrogen-bond acceptors (Lipinski definition) is 5. The van der Waals surface area contributed by atoms with Crippen LogP contribution in [0.4, 0.5) is 5.69 Å². The standard InChI is InChI=1S/C21H25N3O3S/c1-3-18-21(26)24(11-20(25)23-15-6-4-5-7-15)17-10-14(8-9-19(17)27-18)16-12-28-13(2)22-16/h8-10,12,15,18H,3-7,11H2,1-2H3,(H,23,25). The van der Waals surface area contributed by atoms with E-state index in [0.29, 0.717) is 17.9 Å². The third kappa shape index (κ3) is 3.76. The Kier molecular flexibility index (Phi) is 5.35. The monoisotopic (exact) mass is 399 g/mol. The second-order valence-corrected chi connectivity index (χ2v) is 8.48. The zero-order valence-electron chi connectivity index (χ0n) is 16.2. The van der Waals surface area contributed by atoms with E-state index in [0.717, 1.165) is 41.9 Å². The number of aryl methyl sites for hydroxylation is 1. The summed E-state index contributed by atoms with van der Waals surface area (Å²) in [5.74, 6) is 0.358. The Balaban J connectivity index is 1.62. The van der Waals surface area contributed by atoms with Crippen molar-refractivity contribution in [3.63, 3.8) is 0 Å². The first kappa shape index (κ1) is 18.9. The lowest BCUT2D eigenvalue weighted by Crippen LogP contribution is -2.50. The highest BCUT2D eigenvalue weighted by atomic mass is 32.1. The molecule has 1 atom stereocenters. The second-order valence-electron chi connectivity index (χ2n) is 7.42. The van der Waals surface area contributed by atoms with Gasteiger partial charge in [0.2, 0.25) is 5.91 Å². The molecule has 1 fully saturated rings. The van der Waals surface area contributed by atoms with Gasteiger partial charge in [0.25, 0.3) is 5.91 Å².